The molecule has 2 N–H and O–H groups in total. The zero-order valence-corrected chi connectivity index (χ0v) is 9.84. The van der Waals surface area contributed by atoms with E-state index in [9.17, 15) is 21.6 Å². The second-order valence-corrected chi connectivity index (χ2v) is 5.68. The Morgan fingerprint density at radius 1 is 1.31 bits per heavy atom. The van der Waals surface area contributed by atoms with Crippen LogP contribution in [0.1, 0.15) is 0 Å². The summed E-state index contributed by atoms with van der Waals surface area (Å²) in [6.07, 6.45) is 0. The number of alkyl halides is 3. The third kappa shape index (κ3) is 2.45. The highest BCUT2D eigenvalue weighted by molar-refractivity contribution is 7.97. The summed E-state index contributed by atoms with van der Waals surface area (Å²) in [6, 6.07) is 3.16. The first-order valence-corrected chi connectivity index (χ1v) is 6.42. The van der Waals surface area contributed by atoms with Gasteiger partial charge in [-0.05, 0) is 30.1 Å². The minimum atomic E-state index is -5.44. The second-order valence-electron chi connectivity index (χ2n) is 2.66. The molecule has 0 aliphatic carbocycles. The molecule has 0 saturated heterocycles. The molecule has 0 atom stereocenters. The molecular formula is C7H5ClF3NO2S2. The summed E-state index contributed by atoms with van der Waals surface area (Å²) in [4.78, 5) is -0.815. The fourth-order valence-corrected chi connectivity index (χ4v) is 2.57. The molecule has 9 heteroatoms. The Bertz CT molecular complexity index is 501. The number of halogens is 4. The smallest absolute Gasteiger partial charge is 0.274 e. The van der Waals surface area contributed by atoms with Crippen molar-refractivity contribution < 1.29 is 21.6 Å². The molecule has 1 rings (SSSR count). The molecule has 0 heterocycles. The number of rotatable bonds is 2. The van der Waals surface area contributed by atoms with Crippen molar-refractivity contribution in [2.24, 2.45) is 5.14 Å². The van der Waals surface area contributed by atoms with Crippen molar-refractivity contribution in [1.82, 2.24) is 0 Å². The molecule has 0 aromatic heterocycles. The molecule has 0 fully saturated rings. The van der Waals surface area contributed by atoms with Gasteiger partial charge >= 0.3 is 5.51 Å². The number of hydrogen-bond donors (Lipinski definition) is 1. The zero-order valence-electron chi connectivity index (χ0n) is 7.45. The first-order chi connectivity index (χ1) is 7.20. The Labute approximate surface area is 98.8 Å². The van der Waals surface area contributed by atoms with Crippen molar-refractivity contribution >= 4 is 33.4 Å². The van der Waals surface area contributed by atoms with Gasteiger partial charge in [0.15, 0.2) is 0 Å². The van der Waals surface area contributed by atoms with Gasteiger partial charge in [0.1, 0.15) is 0 Å². The second kappa shape index (κ2) is 4.44. The van der Waals surface area contributed by atoms with E-state index in [0.717, 1.165) is 12.1 Å². The number of nitrogens with two attached hydrogens (primary N) is 1. The van der Waals surface area contributed by atoms with Gasteiger partial charge < -0.3 is 0 Å². The maximum absolute atomic E-state index is 12.3. The summed E-state index contributed by atoms with van der Waals surface area (Å²) in [5.74, 6) is 0. The van der Waals surface area contributed by atoms with Crippen molar-refractivity contribution in [1.29, 1.82) is 0 Å². The zero-order chi connectivity index (χ0) is 12.6. The van der Waals surface area contributed by atoms with Crippen LogP contribution in [0.15, 0.2) is 28.0 Å². The molecule has 16 heavy (non-hydrogen) atoms. The highest BCUT2D eigenvalue weighted by Gasteiger charge is 2.47. The lowest BCUT2D eigenvalue weighted by Gasteiger charge is -2.10. The maximum atomic E-state index is 12.3. The largest absolute Gasteiger partial charge is 0.501 e. The summed E-state index contributed by atoms with van der Waals surface area (Å²) < 4.78 is 58.9. The van der Waals surface area contributed by atoms with Crippen molar-refractivity contribution in [3.05, 3.63) is 23.2 Å². The summed E-state index contributed by atoms with van der Waals surface area (Å²) in [5, 5.41) is 4.63. The minimum Gasteiger partial charge on any atom is -0.274 e. The predicted octanol–water partition coefficient (Wildman–Crippen LogP) is 2.60. The van der Waals surface area contributed by atoms with E-state index in [2.05, 4.69) is 0 Å². The molecule has 3 nitrogen and oxygen atoms in total. The third-order valence-corrected chi connectivity index (χ3v) is 4.13. The summed E-state index contributed by atoms with van der Waals surface area (Å²) in [5.41, 5.74) is -5.38. The normalized spacial score (nSPS) is 12.8. The first kappa shape index (κ1) is 13.6. The molecule has 0 amide bonds. The van der Waals surface area contributed by atoms with Crippen LogP contribution >= 0.6 is 23.5 Å². The average Bonchev–Trinajstić information content (AvgIpc) is 2.16. The van der Waals surface area contributed by atoms with E-state index in [1.807, 2.05) is 0 Å². The van der Waals surface area contributed by atoms with Crippen LogP contribution in [0.5, 0.6) is 0 Å². The lowest BCUT2D eigenvalue weighted by molar-refractivity contribution is -0.0436. The van der Waals surface area contributed by atoms with Crippen molar-refractivity contribution in [3.8, 4) is 0 Å². The highest BCUT2D eigenvalue weighted by Crippen LogP contribution is 2.35. The molecular weight excluding hydrogens is 287 g/mol. The van der Waals surface area contributed by atoms with Crippen LogP contribution in [0.4, 0.5) is 13.2 Å². The summed E-state index contributed by atoms with van der Waals surface area (Å²) in [6.45, 7) is 0. The third-order valence-electron chi connectivity index (χ3n) is 1.63. The quantitative estimate of drug-likeness (QED) is 0.851. The van der Waals surface area contributed by atoms with Gasteiger partial charge in [-0.2, -0.15) is 13.2 Å². The van der Waals surface area contributed by atoms with Gasteiger partial charge in [0.2, 0.25) is 0 Å². The minimum absolute atomic E-state index is 0.173. The van der Waals surface area contributed by atoms with E-state index in [1.54, 1.807) is 0 Å². The summed E-state index contributed by atoms with van der Waals surface area (Å²) in [7, 11) is -5.44. The lowest BCUT2D eigenvalue weighted by Crippen LogP contribution is -2.23. The van der Waals surface area contributed by atoms with Crippen LogP contribution < -0.4 is 5.14 Å². The number of benzene rings is 1. The van der Waals surface area contributed by atoms with Gasteiger partial charge in [-0.3, -0.25) is 5.14 Å². The molecule has 0 radical (unpaired) electrons. The van der Waals surface area contributed by atoms with Crippen LogP contribution in [-0.2, 0) is 9.84 Å². The van der Waals surface area contributed by atoms with Gasteiger partial charge in [0.25, 0.3) is 9.84 Å². The molecule has 0 unspecified atom stereocenters. The molecule has 0 spiro atoms. The lowest BCUT2D eigenvalue weighted by atomic mass is 10.4. The van der Waals surface area contributed by atoms with Gasteiger partial charge in [0, 0.05) is 4.90 Å². The van der Waals surface area contributed by atoms with Crippen LogP contribution in [0.3, 0.4) is 0 Å². The SMILES string of the molecule is NSc1ccc(Cl)c(S(=O)(=O)C(F)(F)F)c1. The van der Waals surface area contributed by atoms with E-state index in [4.69, 9.17) is 16.7 Å². The van der Waals surface area contributed by atoms with Crippen molar-refractivity contribution in [2.75, 3.05) is 0 Å². The van der Waals surface area contributed by atoms with Crippen molar-refractivity contribution in [3.63, 3.8) is 0 Å². The molecule has 1 aromatic rings. The van der Waals surface area contributed by atoms with E-state index in [1.165, 1.54) is 6.07 Å². The monoisotopic (exact) mass is 291 g/mol. The molecule has 1 aromatic carbocycles. The molecule has 0 bridgehead atoms. The van der Waals surface area contributed by atoms with Gasteiger partial charge in [-0.15, -0.1) is 0 Å². The fraction of sp³-hybridized carbons (Fsp3) is 0.143. The average molecular weight is 292 g/mol. The number of sulfone groups is 1. The van der Waals surface area contributed by atoms with Crippen molar-refractivity contribution in [2.45, 2.75) is 15.3 Å². The first-order valence-electron chi connectivity index (χ1n) is 3.68. The van der Waals surface area contributed by atoms with Crippen LogP contribution in [0.2, 0.25) is 5.02 Å². The fourth-order valence-electron chi connectivity index (χ4n) is 0.888. The Hall–Kier alpha value is -0.440. The standard InChI is InChI=1S/C7H5ClF3NO2S2/c8-5-2-1-4(15-12)3-6(5)16(13,14)7(9,10)11/h1-3H,12H2. The topological polar surface area (TPSA) is 60.2 Å². The summed E-state index contributed by atoms with van der Waals surface area (Å²) >= 11 is 6.04. The Morgan fingerprint density at radius 3 is 2.31 bits per heavy atom. The highest BCUT2D eigenvalue weighted by atomic mass is 35.5. The van der Waals surface area contributed by atoms with Gasteiger partial charge in [-0.25, -0.2) is 8.42 Å². The van der Waals surface area contributed by atoms with E-state index >= 15 is 0 Å². The van der Waals surface area contributed by atoms with Gasteiger partial charge in [0.05, 0.1) is 9.92 Å². The van der Waals surface area contributed by atoms with Crippen LogP contribution in [0.25, 0.3) is 0 Å². The van der Waals surface area contributed by atoms with E-state index in [0.29, 0.717) is 11.9 Å². The van der Waals surface area contributed by atoms with Crippen LogP contribution in [-0.4, -0.2) is 13.9 Å². The molecule has 0 saturated carbocycles. The predicted molar refractivity (Wildman–Crippen MR) is 54.7 cm³/mol. The Balaban J connectivity index is 3.44. The van der Waals surface area contributed by atoms with E-state index in [-0.39, 0.29) is 4.90 Å². The maximum Gasteiger partial charge on any atom is 0.501 e. The molecule has 0 aliphatic heterocycles. The van der Waals surface area contributed by atoms with E-state index < -0.39 is 25.3 Å². The molecule has 0 aliphatic rings. The van der Waals surface area contributed by atoms with Crippen LogP contribution in [0, 0.1) is 0 Å². The van der Waals surface area contributed by atoms with Gasteiger partial charge in [-0.1, -0.05) is 11.6 Å². The number of hydrogen-bond acceptors (Lipinski definition) is 4. The Kier molecular flexibility index (Phi) is 3.78. The Morgan fingerprint density at radius 2 is 1.88 bits per heavy atom. The molecule has 90 valence electrons.